The van der Waals surface area contributed by atoms with Gasteiger partial charge in [-0.25, -0.2) is 4.98 Å². The van der Waals surface area contributed by atoms with Crippen LogP contribution in [0.15, 0.2) is 29.6 Å². The van der Waals surface area contributed by atoms with Crippen LogP contribution in [0.3, 0.4) is 0 Å². The van der Waals surface area contributed by atoms with Crippen LogP contribution in [0.1, 0.15) is 43.0 Å². The van der Waals surface area contributed by atoms with Gasteiger partial charge in [0.15, 0.2) is 0 Å². The van der Waals surface area contributed by atoms with Crippen molar-refractivity contribution in [1.29, 1.82) is 0 Å². The zero-order valence-electron chi connectivity index (χ0n) is 14.6. The highest BCUT2D eigenvalue weighted by atomic mass is 16.2. The molecule has 7 nitrogen and oxygen atoms in total. The average molecular weight is 341 g/mol. The molecule has 2 aromatic rings. The van der Waals surface area contributed by atoms with Crippen molar-refractivity contribution >= 4 is 5.91 Å². The Labute approximate surface area is 146 Å². The summed E-state index contributed by atoms with van der Waals surface area (Å²) in [5, 5.41) is 4.36. The number of fused-ring (bicyclic) bond motifs is 2. The smallest absolute Gasteiger partial charge is 0.256 e. The molecular formula is C18H23N5O2. The molecule has 0 N–H and O–H groups in total. The second kappa shape index (κ2) is 6.13. The predicted octanol–water partition coefficient (Wildman–Crippen LogP) is 1.45. The van der Waals surface area contributed by atoms with E-state index in [0.29, 0.717) is 17.3 Å². The zero-order chi connectivity index (χ0) is 17.6. The van der Waals surface area contributed by atoms with Gasteiger partial charge in [-0.05, 0) is 45.6 Å². The van der Waals surface area contributed by atoms with Gasteiger partial charge >= 0.3 is 0 Å². The van der Waals surface area contributed by atoms with Crippen LogP contribution in [0.4, 0.5) is 0 Å². The maximum absolute atomic E-state index is 12.9. The Morgan fingerprint density at radius 1 is 1.20 bits per heavy atom. The van der Waals surface area contributed by atoms with Crippen molar-refractivity contribution in [2.75, 3.05) is 0 Å². The van der Waals surface area contributed by atoms with Crippen LogP contribution in [-0.2, 0) is 11.3 Å². The fourth-order valence-corrected chi connectivity index (χ4v) is 4.28. The minimum atomic E-state index is -0.125. The summed E-state index contributed by atoms with van der Waals surface area (Å²) in [4.78, 5) is 31.5. The van der Waals surface area contributed by atoms with E-state index in [-0.39, 0.29) is 30.1 Å². The van der Waals surface area contributed by atoms with E-state index in [0.717, 1.165) is 25.7 Å². The molecule has 2 saturated heterocycles. The minimum Gasteiger partial charge on any atom is -0.335 e. The molecule has 2 aliphatic rings. The molecule has 0 aliphatic carbocycles. The maximum atomic E-state index is 12.9. The average Bonchev–Trinajstić information content (AvgIpc) is 3.22. The predicted molar refractivity (Wildman–Crippen MR) is 92.1 cm³/mol. The number of carbonyl (C=O) groups is 1. The summed E-state index contributed by atoms with van der Waals surface area (Å²) in [6.45, 7) is 3.64. The van der Waals surface area contributed by atoms with Gasteiger partial charge in [-0.1, -0.05) is 0 Å². The molecule has 4 heterocycles. The van der Waals surface area contributed by atoms with Gasteiger partial charge in [0.2, 0.25) is 5.91 Å². The lowest BCUT2D eigenvalue weighted by atomic mass is 9.97. The summed E-state index contributed by atoms with van der Waals surface area (Å²) in [6.07, 6.45) is 9.23. The van der Waals surface area contributed by atoms with E-state index in [2.05, 4.69) is 10.1 Å². The summed E-state index contributed by atoms with van der Waals surface area (Å²) in [7, 11) is 0. The van der Waals surface area contributed by atoms with E-state index in [1.807, 2.05) is 28.8 Å². The van der Waals surface area contributed by atoms with Crippen LogP contribution in [0, 0.1) is 13.8 Å². The molecule has 1 amide bonds. The number of carbonyl (C=O) groups excluding carboxylic acids is 1. The molecule has 2 fully saturated rings. The van der Waals surface area contributed by atoms with Crippen molar-refractivity contribution in [3.8, 4) is 0 Å². The molecule has 2 unspecified atom stereocenters. The molecule has 25 heavy (non-hydrogen) atoms. The van der Waals surface area contributed by atoms with E-state index >= 15 is 0 Å². The first kappa shape index (κ1) is 16.1. The minimum absolute atomic E-state index is 0.0265. The summed E-state index contributed by atoms with van der Waals surface area (Å²) in [6, 6.07) is 2.80. The second-order valence-corrected chi connectivity index (χ2v) is 7.19. The van der Waals surface area contributed by atoms with E-state index < -0.39 is 0 Å². The van der Waals surface area contributed by atoms with Gasteiger partial charge in [-0.3, -0.25) is 18.8 Å². The van der Waals surface area contributed by atoms with E-state index in [1.165, 1.54) is 10.9 Å². The molecule has 0 saturated carbocycles. The highest BCUT2D eigenvalue weighted by Gasteiger charge is 2.43. The van der Waals surface area contributed by atoms with Crippen LogP contribution in [0.25, 0.3) is 0 Å². The number of nitrogens with zero attached hydrogens (tertiary/aromatic N) is 5. The monoisotopic (exact) mass is 341 g/mol. The van der Waals surface area contributed by atoms with Gasteiger partial charge in [0.05, 0.1) is 12.4 Å². The number of hydrogen-bond acceptors (Lipinski definition) is 4. The Balaban J connectivity index is 1.51. The van der Waals surface area contributed by atoms with Gasteiger partial charge in [0, 0.05) is 35.7 Å². The van der Waals surface area contributed by atoms with Gasteiger partial charge in [0.25, 0.3) is 5.56 Å². The lowest BCUT2D eigenvalue weighted by Crippen LogP contribution is -2.49. The van der Waals surface area contributed by atoms with Crippen molar-refractivity contribution in [2.45, 2.75) is 64.2 Å². The Morgan fingerprint density at radius 2 is 1.92 bits per heavy atom. The largest absolute Gasteiger partial charge is 0.335 e. The Kier molecular flexibility index (Phi) is 3.94. The Hall–Kier alpha value is -2.44. The first-order valence-corrected chi connectivity index (χ1v) is 8.87. The molecule has 132 valence electrons. The lowest BCUT2D eigenvalue weighted by Gasteiger charge is -2.39. The molecule has 7 heteroatoms. The molecular weight excluding hydrogens is 318 g/mol. The third kappa shape index (κ3) is 2.77. The quantitative estimate of drug-likeness (QED) is 0.847. The standard InChI is InChI=1S/C18H23N5O2/c1-12-13(2)19-11-21(18(12)25)10-17(24)23-14-4-5-15(23)9-16(8-14)22-7-3-6-20-22/h3,6-7,11,14-16H,4-5,8-10H2,1-2H3. The number of rotatable bonds is 3. The lowest BCUT2D eigenvalue weighted by molar-refractivity contribution is -0.137. The zero-order valence-corrected chi connectivity index (χ0v) is 14.6. The molecule has 2 aromatic heterocycles. The molecule has 0 spiro atoms. The highest BCUT2D eigenvalue weighted by Crippen LogP contribution is 2.40. The molecule has 2 aliphatic heterocycles. The van der Waals surface area contributed by atoms with E-state index in [4.69, 9.17) is 0 Å². The number of aromatic nitrogens is 4. The van der Waals surface area contributed by atoms with Gasteiger partial charge in [-0.2, -0.15) is 5.10 Å². The van der Waals surface area contributed by atoms with Crippen LogP contribution < -0.4 is 5.56 Å². The van der Waals surface area contributed by atoms with E-state index in [9.17, 15) is 9.59 Å². The van der Waals surface area contributed by atoms with Crippen molar-refractivity contribution in [2.24, 2.45) is 0 Å². The van der Waals surface area contributed by atoms with Crippen LogP contribution in [0.2, 0.25) is 0 Å². The fraction of sp³-hybridized carbons (Fsp3) is 0.556. The molecule has 0 radical (unpaired) electrons. The Bertz CT molecular complexity index is 828. The van der Waals surface area contributed by atoms with Gasteiger partial charge in [-0.15, -0.1) is 0 Å². The first-order chi connectivity index (χ1) is 12.0. The summed E-state index contributed by atoms with van der Waals surface area (Å²) in [5.41, 5.74) is 1.20. The highest BCUT2D eigenvalue weighted by molar-refractivity contribution is 5.77. The SMILES string of the molecule is Cc1ncn(CC(=O)N2C3CCC2CC(n2cccn2)C3)c(=O)c1C. The topological polar surface area (TPSA) is 73.0 Å². The Morgan fingerprint density at radius 3 is 2.56 bits per heavy atom. The normalized spacial score (nSPS) is 25.4. The summed E-state index contributed by atoms with van der Waals surface area (Å²) in [5.74, 6) is 0.0265. The second-order valence-electron chi connectivity index (χ2n) is 7.19. The van der Waals surface area contributed by atoms with Crippen molar-refractivity contribution < 1.29 is 4.79 Å². The first-order valence-electron chi connectivity index (χ1n) is 8.87. The third-order valence-corrected chi connectivity index (χ3v) is 5.72. The van der Waals surface area contributed by atoms with E-state index in [1.54, 1.807) is 13.1 Å². The summed E-state index contributed by atoms with van der Waals surface area (Å²) >= 11 is 0. The molecule has 0 aromatic carbocycles. The van der Waals surface area contributed by atoms with Crippen LogP contribution in [0.5, 0.6) is 0 Å². The van der Waals surface area contributed by atoms with Gasteiger partial charge < -0.3 is 4.90 Å². The van der Waals surface area contributed by atoms with Crippen molar-refractivity contribution in [1.82, 2.24) is 24.2 Å². The number of amides is 1. The number of aryl methyl sites for hydroxylation is 1. The number of hydrogen-bond donors (Lipinski definition) is 0. The summed E-state index contributed by atoms with van der Waals surface area (Å²) < 4.78 is 3.45. The number of piperidine rings is 1. The third-order valence-electron chi connectivity index (χ3n) is 5.72. The van der Waals surface area contributed by atoms with Crippen LogP contribution in [-0.4, -0.2) is 42.2 Å². The van der Waals surface area contributed by atoms with Gasteiger partial charge in [0.1, 0.15) is 6.54 Å². The van der Waals surface area contributed by atoms with Crippen molar-refractivity contribution in [3.05, 3.63) is 46.4 Å². The van der Waals surface area contributed by atoms with Crippen LogP contribution >= 0.6 is 0 Å². The fourth-order valence-electron chi connectivity index (χ4n) is 4.28. The molecule has 2 bridgehead atoms. The maximum Gasteiger partial charge on any atom is 0.256 e. The molecule has 2 atom stereocenters. The molecule has 4 rings (SSSR count). The van der Waals surface area contributed by atoms with Crippen molar-refractivity contribution in [3.63, 3.8) is 0 Å².